The molecule has 3 aromatic rings. The lowest BCUT2D eigenvalue weighted by Gasteiger charge is -2.44. The highest BCUT2D eigenvalue weighted by atomic mass is 28.3. The summed E-state index contributed by atoms with van der Waals surface area (Å²) in [6.07, 6.45) is 2.44. The molecule has 8 heteroatoms. The summed E-state index contributed by atoms with van der Waals surface area (Å²) in [6, 6.07) is 21.0. The van der Waals surface area contributed by atoms with Crippen molar-refractivity contribution in [3.05, 3.63) is 78.2 Å². The number of carbonyl (C=O) groups is 2. The zero-order chi connectivity index (χ0) is 24.3. The van der Waals surface area contributed by atoms with Crippen LogP contribution >= 0.6 is 0 Å². The van der Waals surface area contributed by atoms with E-state index in [0.29, 0.717) is 18.4 Å². The molecule has 1 atom stereocenters. The van der Waals surface area contributed by atoms with Gasteiger partial charge in [-0.1, -0.05) is 91.8 Å². The van der Waals surface area contributed by atoms with Crippen LogP contribution in [0.4, 0.5) is 5.82 Å². The van der Waals surface area contributed by atoms with Gasteiger partial charge < -0.3 is 15.8 Å². The Morgan fingerprint density at radius 1 is 1.06 bits per heavy atom. The summed E-state index contributed by atoms with van der Waals surface area (Å²) in [5.74, 6) is 0.261. The van der Waals surface area contributed by atoms with E-state index >= 15 is 0 Å². The summed E-state index contributed by atoms with van der Waals surface area (Å²) in [5, 5.41) is 5.31. The minimum atomic E-state index is -2.38. The van der Waals surface area contributed by atoms with Crippen molar-refractivity contribution in [1.82, 2.24) is 15.3 Å². The number of rotatable bonds is 7. The summed E-state index contributed by atoms with van der Waals surface area (Å²) >= 11 is 0. The molecule has 1 aliphatic rings. The Morgan fingerprint density at radius 3 is 2.18 bits per heavy atom. The maximum absolute atomic E-state index is 13.4. The van der Waals surface area contributed by atoms with Crippen LogP contribution in [0.1, 0.15) is 49.4 Å². The molecular weight excluding hydrogens is 442 g/mol. The molecule has 174 valence electrons. The smallest absolute Gasteiger partial charge is 0.196 e. The number of aromatic nitrogens is 2. The standard InChI is InChI=1S/C26H29N5O2Si/c1-26(2,3)34(18-10-6-4-7-11-18,19-12-8-5-9-13-19)15-14-22(33)20-16-28-24-23(29-20)21(17-32)30-25(27)31-24/h4-13,16-17,21H,14-15H2,1-3H3,(H3,27,28,30,31). The third kappa shape index (κ3) is 4.28. The predicted octanol–water partition coefficient (Wildman–Crippen LogP) is 2.90. The van der Waals surface area contributed by atoms with Gasteiger partial charge in [0.15, 0.2) is 17.6 Å². The highest BCUT2D eigenvalue weighted by Gasteiger charge is 2.47. The molecular formula is C26H29N5O2Si. The molecule has 2 heterocycles. The third-order valence-electron chi connectivity index (χ3n) is 6.57. The van der Waals surface area contributed by atoms with Gasteiger partial charge in [0.2, 0.25) is 0 Å². The number of nitrogens with one attached hydrogen (secondary N) is 1. The normalized spacial score (nSPS) is 15.6. The van der Waals surface area contributed by atoms with Crippen LogP contribution in [0.15, 0.2) is 71.9 Å². The van der Waals surface area contributed by atoms with E-state index in [-0.39, 0.29) is 28.3 Å². The topological polar surface area (TPSA) is 110 Å². The average Bonchev–Trinajstić information content (AvgIpc) is 2.84. The van der Waals surface area contributed by atoms with E-state index in [9.17, 15) is 9.59 Å². The van der Waals surface area contributed by atoms with E-state index in [1.807, 2.05) is 12.1 Å². The molecule has 0 fully saturated rings. The van der Waals surface area contributed by atoms with Gasteiger partial charge in [-0.25, -0.2) is 9.97 Å². The zero-order valence-corrected chi connectivity index (χ0v) is 20.7. The van der Waals surface area contributed by atoms with Gasteiger partial charge >= 0.3 is 0 Å². The van der Waals surface area contributed by atoms with Crippen molar-refractivity contribution in [2.45, 2.75) is 44.3 Å². The fourth-order valence-corrected chi connectivity index (χ4v) is 10.4. The Kier molecular flexibility index (Phi) is 6.43. The highest BCUT2D eigenvalue weighted by molar-refractivity contribution is 7.04. The van der Waals surface area contributed by atoms with Crippen LogP contribution < -0.4 is 21.4 Å². The van der Waals surface area contributed by atoms with Crippen molar-refractivity contribution in [2.24, 2.45) is 10.7 Å². The van der Waals surface area contributed by atoms with Crippen molar-refractivity contribution >= 4 is 42.3 Å². The van der Waals surface area contributed by atoms with Crippen LogP contribution in [0.25, 0.3) is 0 Å². The number of hydrogen-bond acceptors (Lipinski definition) is 7. The minimum Gasteiger partial charge on any atom is -0.370 e. The predicted molar refractivity (Wildman–Crippen MR) is 137 cm³/mol. The van der Waals surface area contributed by atoms with Gasteiger partial charge in [-0.15, -0.1) is 0 Å². The Hall–Kier alpha value is -3.65. The van der Waals surface area contributed by atoms with Gasteiger partial charge in [-0.3, -0.25) is 4.79 Å². The summed E-state index contributed by atoms with van der Waals surface area (Å²) in [6.45, 7) is 6.81. The monoisotopic (exact) mass is 471 g/mol. The molecule has 34 heavy (non-hydrogen) atoms. The second kappa shape index (κ2) is 9.30. The lowest BCUT2D eigenvalue weighted by atomic mass is 10.1. The second-order valence-corrected chi connectivity index (χ2v) is 14.5. The number of carbonyl (C=O) groups excluding carboxylic acids is 2. The fourth-order valence-electron chi connectivity index (χ4n) is 4.87. The quantitative estimate of drug-likeness (QED) is 0.311. The Bertz CT molecular complexity index is 1180. The molecule has 1 aliphatic heterocycles. The van der Waals surface area contributed by atoms with Crippen molar-refractivity contribution in [2.75, 3.05) is 0 Å². The average molecular weight is 472 g/mol. The number of benzene rings is 2. The zero-order valence-electron chi connectivity index (χ0n) is 19.7. The number of fused-ring (bicyclic) bond motifs is 1. The number of Topliss-reactive ketones (excluding diaryl/α,β-unsaturated/α-hetero) is 1. The van der Waals surface area contributed by atoms with E-state index in [4.69, 9.17) is 5.73 Å². The van der Waals surface area contributed by atoms with Crippen LogP contribution in [0.5, 0.6) is 0 Å². The van der Waals surface area contributed by atoms with E-state index < -0.39 is 14.1 Å². The van der Waals surface area contributed by atoms with Gasteiger partial charge in [0.25, 0.3) is 0 Å². The molecule has 0 aliphatic carbocycles. The lowest BCUT2D eigenvalue weighted by molar-refractivity contribution is -0.109. The Labute approximate surface area is 200 Å². The Balaban J connectivity index is 1.71. The minimum absolute atomic E-state index is 0.0453. The van der Waals surface area contributed by atoms with Crippen LogP contribution in [0.3, 0.4) is 0 Å². The van der Waals surface area contributed by atoms with Crippen molar-refractivity contribution < 1.29 is 9.59 Å². The van der Waals surface area contributed by atoms with Crippen molar-refractivity contribution in [3.63, 3.8) is 0 Å². The molecule has 1 unspecified atom stereocenters. The summed E-state index contributed by atoms with van der Waals surface area (Å²) in [5.41, 5.74) is 6.27. The van der Waals surface area contributed by atoms with E-state index in [1.54, 1.807) is 0 Å². The molecule has 0 bridgehead atoms. The number of aliphatic imine (C=N–C) groups is 1. The molecule has 0 spiro atoms. The second-order valence-electron chi connectivity index (χ2n) is 9.53. The summed E-state index contributed by atoms with van der Waals surface area (Å²) in [4.78, 5) is 37.7. The fraction of sp³-hybridized carbons (Fsp3) is 0.269. The summed E-state index contributed by atoms with van der Waals surface area (Å²) in [7, 11) is -2.38. The molecule has 4 rings (SSSR count). The number of nitrogens with two attached hydrogens (primary N) is 1. The van der Waals surface area contributed by atoms with Gasteiger partial charge in [-0.2, -0.15) is 4.99 Å². The first-order valence-corrected chi connectivity index (χ1v) is 13.5. The number of hydrogen-bond donors (Lipinski definition) is 2. The molecule has 0 saturated heterocycles. The third-order valence-corrected chi connectivity index (χ3v) is 12.8. The first-order chi connectivity index (χ1) is 16.3. The first-order valence-electron chi connectivity index (χ1n) is 11.3. The number of aldehydes is 1. The van der Waals surface area contributed by atoms with Crippen LogP contribution in [0.2, 0.25) is 11.1 Å². The highest BCUT2D eigenvalue weighted by Crippen LogP contribution is 2.39. The van der Waals surface area contributed by atoms with Crippen LogP contribution in [0, 0.1) is 0 Å². The summed E-state index contributed by atoms with van der Waals surface area (Å²) < 4.78 is 0. The van der Waals surface area contributed by atoms with Gasteiger partial charge in [0, 0.05) is 6.42 Å². The lowest BCUT2D eigenvalue weighted by Crippen LogP contribution is -2.64. The van der Waals surface area contributed by atoms with Crippen LogP contribution in [-0.2, 0) is 4.79 Å². The Morgan fingerprint density at radius 2 is 1.65 bits per heavy atom. The van der Waals surface area contributed by atoms with Gasteiger partial charge in [0.05, 0.1) is 6.20 Å². The molecule has 7 nitrogen and oxygen atoms in total. The van der Waals surface area contributed by atoms with E-state index in [1.165, 1.54) is 16.6 Å². The molecule has 2 aromatic carbocycles. The molecule has 3 N–H and O–H groups in total. The first kappa shape index (κ1) is 23.5. The van der Waals surface area contributed by atoms with Gasteiger partial charge in [-0.05, 0) is 11.1 Å². The largest absolute Gasteiger partial charge is 0.370 e. The molecule has 1 aromatic heterocycles. The van der Waals surface area contributed by atoms with Gasteiger partial charge in [0.1, 0.15) is 31.8 Å². The van der Waals surface area contributed by atoms with Crippen molar-refractivity contribution in [3.8, 4) is 0 Å². The van der Waals surface area contributed by atoms with E-state index in [0.717, 1.165) is 6.04 Å². The molecule has 0 saturated carbocycles. The maximum atomic E-state index is 13.4. The number of ketones is 1. The van der Waals surface area contributed by atoms with E-state index in [2.05, 4.69) is 89.6 Å². The number of guanidine groups is 1. The molecule has 0 radical (unpaired) electrons. The number of nitrogens with zero attached hydrogens (tertiary/aromatic N) is 3. The maximum Gasteiger partial charge on any atom is 0.196 e. The SMILES string of the molecule is CC(C)(C)[Si](CCC(=O)c1cnc2c(n1)C(C=O)NC(N)=N2)(c1ccccc1)c1ccccc1. The van der Waals surface area contributed by atoms with Crippen molar-refractivity contribution in [1.29, 1.82) is 0 Å². The van der Waals surface area contributed by atoms with Crippen LogP contribution in [-0.4, -0.2) is 36.1 Å². The molecule has 0 amide bonds.